The summed E-state index contributed by atoms with van der Waals surface area (Å²) in [5.74, 6) is 1.82. The maximum absolute atomic E-state index is 13.6. The van der Waals surface area contributed by atoms with Gasteiger partial charge in [-0.2, -0.15) is 5.10 Å². The van der Waals surface area contributed by atoms with Gasteiger partial charge in [-0.3, -0.25) is 9.29 Å². The third-order valence-corrected chi connectivity index (χ3v) is 7.87. The second-order valence-electron chi connectivity index (χ2n) is 8.52. The van der Waals surface area contributed by atoms with Gasteiger partial charge in [-0.25, -0.2) is 12.9 Å². The fourth-order valence-corrected chi connectivity index (χ4v) is 5.21. The highest BCUT2D eigenvalue weighted by molar-refractivity contribution is 7.93. The normalized spacial score (nSPS) is 13.4. The van der Waals surface area contributed by atoms with Crippen LogP contribution in [-0.4, -0.2) is 57.4 Å². The summed E-state index contributed by atoms with van der Waals surface area (Å²) in [6.45, 7) is 3.18. The third-order valence-electron chi connectivity index (χ3n) is 6.17. The number of aliphatic hydroxyl groups is 1. The Bertz CT molecular complexity index is 1680. The summed E-state index contributed by atoms with van der Waals surface area (Å²) in [5, 5.41) is 22.3. The second-order valence-corrected chi connectivity index (χ2v) is 10.6. The highest BCUT2D eigenvalue weighted by Gasteiger charge is 2.34. The number of nitrogens with one attached hydrogen (secondary N) is 1. The molecule has 5 rings (SSSR count). The van der Waals surface area contributed by atoms with Gasteiger partial charge < -0.3 is 19.0 Å². The monoisotopic (exact) mass is 538 g/mol. The number of hydrogen-bond acceptors (Lipinski definition) is 9. The number of methoxy groups -OCH3 is 2. The Hall–Kier alpha value is -4.36. The molecule has 0 fully saturated rings. The molecule has 12 nitrogen and oxygen atoms in total. The van der Waals surface area contributed by atoms with Gasteiger partial charge in [0.05, 0.1) is 25.4 Å². The lowest BCUT2D eigenvalue weighted by Gasteiger charge is -2.22. The van der Waals surface area contributed by atoms with E-state index in [1.807, 2.05) is 6.07 Å². The number of para-hydroxylation sites is 1. The van der Waals surface area contributed by atoms with E-state index in [0.717, 1.165) is 5.52 Å². The molecular formula is C25H26N6O6S. The fourth-order valence-electron chi connectivity index (χ4n) is 4.15. The predicted octanol–water partition coefficient (Wildman–Crippen LogP) is 3.36. The molecule has 2 N–H and O–H groups in total. The van der Waals surface area contributed by atoms with Crippen molar-refractivity contribution in [2.75, 3.05) is 18.9 Å². The molecule has 4 heterocycles. The zero-order valence-corrected chi connectivity index (χ0v) is 21.9. The number of rotatable bonds is 9. The lowest BCUT2D eigenvalue weighted by molar-refractivity contribution is 0.168. The van der Waals surface area contributed by atoms with E-state index in [4.69, 9.17) is 13.9 Å². The molecule has 2 atom stereocenters. The first kappa shape index (κ1) is 25.3. The van der Waals surface area contributed by atoms with Crippen molar-refractivity contribution in [3.8, 4) is 28.8 Å². The summed E-state index contributed by atoms with van der Waals surface area (Å²) < 4.78 is 49.4. The fraction of sp³-hybridized carbons (Fsp3) is 0.240. The van der Waals surface area contributed by atoms with Crippen LogP contribution in [0.3, 0.4) is 0 Å². The van der Waals surface area contributed by atoms with Gasteiger partial charge in [-0.15, -0.1) is 10.2 Å². The third kappa shape index (κ3) is 4.35. The van der Waals surface area contributed by atoms with Crippen LogP contribution < -0.4 is 14.2 Å². The minimum atomic E-state index is -4.22. The topological polar surface area (TPSA) is 146 Å². The summed E-state index contributed by atoms with van der Waals surface area (Å²) in [4.78, 5) is 0. The molecule has 38 heavy (non-hydrogen) atoms. The highest BCUT2D eigenvalue weighted by Crippen LogP contribution is 2.38. The first-order valence-corrected chi connectivity index (χ1v) is 13.2. The lowest BCUT2D eigenvalue weighted by atomic mass is 10.2. The van der Waals surface area contributed by atoms with Gasteiger partial charge in [-0.1, -0.05) is 12.1 Å². The SMILES string of the molecule is COc1cccc(OC)c1-n1c(NS(=O)(=O)[C@@H](C)[C@H](O)c2cccc3ccnn23)nnc1-c1ccc(C)o1. The smallest absolute Gasteiger partial charge is 0.243 e. The van der Waals surface area contributed by atoms with Crippen molar-refractivity contribution in [1.29, 1.82) is 0 Å². The molecule has 0 radical (unpaired) electrons. The molecule has 1 aromatic carbocycles. The van der Waals surface area contributed by atoms with Gasteiger partial charge in [0.15, 0.2) is 5.76 Å². The van der Waals surface area contributed by atoms with Crippen LogP contribution in [0.4, 0.5) is 5.95 Å². The van der Waals surface area contributed by atoms with E-state index < -0.39 is 21.4 Å². The van der Waals surface area contributed by atoms with E-state index in [-0.39, 0.29) is 11.8 Å². The molecule has 0 saturated heterocycles. The van der Waals surface area contributed by atoms with E-state index in [1.54, 1.807) is 61.7 Å². The summed E-state index contributed by atoms with van der Waals surface area (Å²) in [6.07, 6.45) is 0.171. The number of benzene rings is 1. The average Bonchev–Trinajstić information content (AvgIpc) is 3.66. The van der Waals surface area contributed by atoms with Crippen LogP contribution in [0.2, 0.25) is 0 Å². The number of fused-ring (bicyclic) bond motifs is 1. The zero-order chi connectivity index (χ0) is 27.0. The highest BCUT2D eigenvalue weighted by atomic mass is 32.2. The average molecular weight is 539 g/mol. The number of aliphatic hydroxyl groups excluding tert-OH is 1. The molecule has 0 aliphatic carbocycles. The summed E-state index contributed by atoms with van der Waals surface area (Å²) in [5.41, 5.74) is 1.41. The Balaban J connectivity index is 1.60. The standard InChI is InChI=1S/C25H26N6O6S/c1-15-11-12-21(37-15)24-27-28-25(30(24)22-19(35-3)9-6-10-20(22)36-4)29-38(33,34)16(2)23(32)18-8-5-7-17-13-14-26-31(17)18/h5-14,16,23,32H,1-4H3,(H,28,29)/t16-,23-/m0/s1. The van der Waals surface area contributed by atoms with E-state index in [0.29, 0.717) is 34.4 Å². The summed E-state index contributed by atoms with van der Waals surface area (Å²) in [6, 6.07) is 15.5. The molecule has 0 spiro atoms. The van der Waals surface area contributed by atoms with Gasteiger partial charge in [0.2, 0.25) is 21.8 Å². The van der Waals surface area contributed by atoms with E-state index in [2.05, 4.69) is 20.0 Å². The van der Waals surface area contributed by atoms with Crippen LogP contribution in [0.25, 0.3) is 22.8 Å². The number of aryl methyl sites for hydroxylation is 1. The number of aromatic nitrogens is 5. The molecule has 0 saturated carbocycles. The number of nitrogens with zero attached hydrogens (tertiary/aromatic N) is 5. The number of sulfonamides is 1. The first-order valence-electron chi connectivity index (χ1n) is 11.6. The van der Waals surface area contributed by atoms with E-state index in [9.17, 15) is 13.5 Å². The zero-order valence-electron chi connectivity index (χ0n) is 21.1. The van der Waals surface area contributed by atoms with Crippen molar-refractivity contribution in [2.45, 2.75) is 25.2 Å². The van der Waals surface area contributed by atoms with Crippen LogP contribution in [0.15, 0.2) is 65.2 Å². The van der Waals surface area contributed by atoms with Crippen LogP contribution in [-0.2, 0) is 10.0 Å². The Labute approximate surface area is 218 Å². The van der Waals surface area contributed by atoms with Gasteiger partial charge in [0.1, 0.15) is 34.3 Å². The molecular weight excluding hydrogens is 512 g/mol. The lowest BCUT2D eigenvalue weighted by Crippen LogP contribution is -2.32. The van der Waals surface area contributed by atoms with Gasteiger partial charge in [0, 0.05) is 6.20 Å². The number of anilines is 1. The molecule has 0 amide bonds. The van der Waals surface area contributed by atoms with Crippen molar-refractivity contribution < 1.29 is 27.4 Å². The van der Waals surface area contributed by atoms with Gasteiger partial charge in [0.25, 0.3) is 0 Å². The maximum atomic E-state index is 13.6. The molecule has 0 aliphatic heterocycles. The Morgan fingerprint density at radius 2 is 1.71 bits per heavy atom. The van der Waals surface area contributed by atoms with Crippen molar-refractivity contribution in [1.82, 2.24) is 24.4 Å². The van der Waals surface area contributed by atoms with Crippen molar-refractivity contribution >= 4 is 21.5 Å². The molecule has 0 bridgehead atoms. The molecule has 4 aromatic heterocycles. The predicted molar refractivity (Wildman–Crippen MR) is 139 cm³/mol. The minimum absolute atomic E-state index is 0.145. The van der Waals surface area contributed by atoms with Crippen LogP contribution in [0.1, 0.15) is 24.5 Å². The van der Waals surface area contributed by atoms with Crippen molar-refractivity contribution in [2.24, 2.45) is 0 Å². The maximum Gasteiger partial charge on any atom is 0.243 e. The number of furan rings is 1. The quantitative estimate of drug-likeness (QED) is 0.288. The molecule has 0 aliphatic rings. The molecule has 5 aromatic rings. The van der Waals surface area contributed by atoms with Gasteiger partial charge >= 0.3 is 0 Å². The number of hydrogen-bond donors (Lipinski definition) is 2. The van der Waals surface area contributed by atoms with Crippen molar-refractivity contribution in [3.63, 3.8) is 0 Å². The molecule has 198 valence electrons. The summed E-state index contributed by atoms with van der Waals surface area (Å²) in [7, 11) is -1.26. The molecule has 0 unspecified atom stereocenters. The Kier molecular flexibility index (Phi) is 6.55. The Morgan fingerprint density at radius 1 is 1.00 bits per heavy atom. The second kappa shape index (κ2) is 9.84. The summed E-state index contributed by atoms with van der Waals surface area (Å²) >= 11 is 0. The van der Waals surface area contributed by atoms with E-state index in [1.165, 1.54) is 30.2 Å². The van der Waals surface area contributed by atoms with Crippen LogP contribution in [0, 0.1) is 6.92 Å². The van der Waals surface area contributed by atoms with Crippen molar-refractivity contribution in [3.05, 3.63) is 72.2 Å². The Morgan fingerprint density at radius 3 is 2.37 bits per heavy atom. The minimum Gasteiger partial charge on any atom is -0.494 e. The van der Waals surface area contributed by atoms with Crippen LogP contribution in [0.5, 0.6) is 11.5 Å². The van der Waals surface area contributed by atoms with Crippen LogP contribution >= 0.6 is 0 Å². The number of pyridine rings is 1. The largest absolute Gasteiger partial charge is 0.494 e. The first-order chi connectivity index (χ1) is 18.2. The van der Waals surface area contributed by atoms with E-state index >= 15 is 0 Å². The van der Waals surface area contributed by atoms with Gasteiger partial charge in [-0.05, 0) is 56.3 Å². The number of ether oxygens (including phenoxy) is 2. The molecule has 13 heteroatoms.